The molecule has 0 aliphatic heterocycles. The molecule has 3 aromatic heterocycles. The summed E-state index contributed by atoms with van der Waals surface area (Å²) in [5.41, 5.74) is 3.47. The zero-order chi connectivity index (χ0) is 18.2. The smallest absolute Gasteiger partial charge is 0.276 e. The van der Waals surface area contributed by atoms with Crippen LogP contribution >= 0.6 is 23.1 Å². The zero-order valence-corrected chi connectivity index (χ0v) is 15.8. The quantitative estimate of drug-likeness (QED) is 0.359. The van der Waals surface area contributed by atoms with Crippen molar-refractivity contribution >= 4 is 44.3 Å². The normalized spacial score (nSPS) is 11.4. The van der Waals surface area contributed by atoms with Crippen molar-refractivity contribution in [2.45, 2.75) is 10.9 Å². The number of nitrogens with zero attached hydrogens (tertiary/aromatic N) is 3. The topological polar surface area (TPSA) is 63.6 Å². The fraction of sp³-hybridized carbons (Fsp3) is 0.0500. The highest BCUT2D eigenvalue weighted by Gasteiger charge is 2.15. The zero-order valence-electron chi connectivity index (χ0n) is 14.1. The lowest BCUT2D eigenvalue weighted by Crippen LogP contribution is -2.20. The fourth-order valence-electron chi connectivity index (χ4n) is 3.00. The summed E-state index contributed by atoms with van der Waals surface area (Å²) in [4.78, 5) is 25.7. The number of thioether (sulfide) groups is 1. The summed E-state index contributed by atoms with van der Waals surface area (Å²) in [7, 11) is 0. The number of nitrogens with one attached hydrogen (secondary N) is 1. The molecular weight excluding hydrogens is 376 g/mol. The van der Waals surface area contributed by atoms with Crippen molar-refractivity contribution < 1.29 is 0 Å². The van der Waals surface area contributed by atoms with E-state index < -0.39 is 0 Å². The van der Waals surface area contributed by atoms with E-state index in [0.717, 1.165) is 28.1 Å². The van der Waals surface area contributed by atoms with Gasteiger partial charge in [0, 0.05) is 0 Å². The Balaban J connectivity index is 1.58. The molecule has 0 spiro atoms. The van der Waals surface area contributed by atoms with Crippen LogP contribution < -0.4 is 5.56 Å². The molecule has 0 amide bonds. The number of imidazole rings is 1. The molecule has 0 unspecified atom stereocenters. The summed E-state index contributed by atoms with van der Waals surface area (Å²) in [6.45, 7) is 0. The summed E-state index contributed by atoms with van der Waals surface area (Å²) in [5.74, 6) is 1.46. The van der Waals surface area contributed by atoms with Crippen LogP contribution in [0.2, 0.25) is 0 Å². The molecule has 132 valence electrons. The molecular formula is C20H14N4OS2. The van der Waals surface area contributed by atoms with Gasteiger partial charge >= 0.3 is 0 Å². The summed E-state index contributed by atoms with van der Waals surface area (Å²) >= 11 is 2.93. The first kappa shape index (κ1) is 16.3. The molecule has 5 nitrogen and oxygen atoms in total. The lowest BCUT2D eigenvalue weighted by molar-refractivity contribution is 0.821. The molecule has 0 saturated carbocycles. The first-order chi connectivity index (χ1) is 13.3. The summed E-state index contributed by atoms with van der Waals surface area (Å²) in [5, 5.41) is 2.57. The largest absolute Gasteiger partial charge is 0.341 e. The van der Waals surface area contributed by atoms with Gasteiger partial charge in [-0.2, -0.15) is 0 Å². The first-order valence-corrected chi connectivity index (χ1v) is 10.3. The number of aromatic amines is 1. The molecule has 27 heavy (non-hydrogen) atoms. The van der Waals surface area contributed by atoms with Crippen molar-refractivity contribution in [3.8, 4) is 5.69 Å². The minimum Gasteiger partial charge on any atom is -0.341 e. The van der Waals surface area contributed by atoms with Crippen LogP contribution in [-0.4, -0.2) is 19.5 Å². The van der Waals surface area contributed by atoms with E-state index in [1.807, 2.05) is 66.0 Å². The van der Waals surface area contributed by atoms with Crippen LogP contribution in [0.1, 0.15) is 5.82 Å². The van der Waals surface area contributed by atoms with Crippen LogP contribution in [0, 0.1) is 0 Å². The lowest BCUT2D eigenvalue weighted by Gasteiger charge is -2.11. The van der Waals surface area contributed by atoms with E-state index in [0.29, 0.717) is 15.6 Å². The molecule has 1 N–H and O–H groups in total. The molecule has 5 aromatic rings. The average molecular weight is 390 g/mol. The molecule has 0 bridgehead atoms. The highest BCUT2D eigenvalue weighted by atomic mass is 32.2. The third kappa shape index (κ3) is 2.94. The van der Waals surface area contributed by atoms with Gasteiger partial charge in [0.1, 0.15) is 10.5 Å². The van der Waals surface area contributed by atoms with Crippen LogP contribution in [0.3, 0.4) is 0 Å². The molecule has 5 rings (SSSR count). The van der Waals surface area contributed by atoms with Gasteiger partial charge in [0.25, 0.3) is 5.56 Å². The van der Waals surface area contributed by atoms with E-state index >= 15 is 0 Å². The SMILES string of the molecule is O=c1c2sccc2nc(SCc2nc3ccccc3[nH]2)n1-c1ccccc1. The number of fused-ring (bicyclic) bond motifs is 2. The van der Waals surface area contributed by atoms with E-state index in [1.165, 1.54) is 23.1 Å². The maximum absolute atomic E-state index is 13.1. The van der Waals surface area contributed by atoms with Gasteiger partial charge in [-0.15, -0.1) is 11.3 Å². The van der Waals surface area contributed by atoms with E-state index in [1.54, 1.807) is 4.57 Å². The minimum atomic E-state index is -0.0340. The summed E-state index contributed by atoms with van der Waals surface area (Å²) in [6, 6.07) is 19.5. The Kier molecular flexibility index (Phi) is 4.03. The van der Waals surface area contributed by atoms with Crippen LogP contribution in [0.15, 0.2) is 76.0 Å². The Morgan fingerprint density at radius 3 is 2.63 bits per heavy atom. The average Bonchev–Trinajstić information content (AvgIpc) is 3.33. The van der Waals surface area contributed by atoms with E-state index in [9.17, 15) is 4.79 Å². The second kappa shape index (κ2) is 6.68. The second-order valence-corrected chi connectivity index (χ2v) is 7.85. The van der Waals surface area contributed by atoms with Gasteiger partial charge < -0.3 is 4.98 Å². The molecule has 0 fully saturated rings. The van der Waals surface area contributed by atoms with E-state index in [4.69, 9.17) is 4.98 Å². The van der Waals surface area contributed by atoms with E-state index in [2.05, 4.69) is 9.97 Å². The lowest BCUT2D eigenvalue weighted by atomic mass is 10.3. The standard InChI is InChI=1S/C20H14N4OS2/c25-19-18-16(10-11-26-18)23-20(24(19)13-6-2-1-3-7-13)27-12-17-21-14-8-4-5-9-15(14)22-17/h1-11H,12H2,(H,21,22). The van der Waals surface area contributed by atoms with Crippen LogP contribution in [0.4, 0.5) is 0 Å². The fourth-order valence-corrected chi connectivity index (χ4v) is 4.64. The number of hydrogen-bond acceptors (Lipinski definition) is 5. The second-order valence-electron chi connectivity index (χ2n) is 5.99. The highest BCUT2D eigenvalue weighted by Crippen LogP contribution is 2.26. The van der Waals surface area contributed by atoms with Gasteiger partial charge in [0.05, 0.1) is 28.0 Å². The van der Waals surface area contributed by atoms with Gasteiger partial charge in [-0.05, 0) is 35.7 Å². The van der Waals surface area contributed by atoms with Gasteiger partial charge in [-0.3, -0.25) is 9.36 Å². The molecule has 2 aromatic carbocycles. The van der Waals surface area contributed by atoms with Gasteiger partial charge in [-0.1, -0.05) is 42.1 Å². The Hall–Kier alpha value is -2.90. The van der Waals surface area contributed by atoms with Crippen LogP contribution in [0.5, 0.6) is 0 Å². The molecule has 0 radical (unpaired) electrons. The van der Waals surface area contributed by atoms with Crippen LogP contribution in [0.25, 0.3) is 26.9 Å². The number of rotatable bonds is 4. The van der Waals surface area contributed by atoms with Gasteiger partial charge in [0.15, 0.2) is 5.16 Å². The predicted molar refractivity (Wildman–Crippen MR) is 111 cm³/mol. The highest BCUT2D eigenvalue weighted by molar-refractivity contribution is 7.98. The van der Waals surface area contributed by atoms with Crippen LogP contribution in [-0.2, 0) is 5.75 Å². The Bertz CT molecular complexity index is 1270. The number of H-pyrrole nitrogens is 1. The third-order valence-electron chi connectivity index (χ3n) is 4.24. The summed E-state index contributed by atoms with van der Waals surface area (Å²) < 4.78 is 2.36. The monoisotopic (exact) mass is 390 g/mol. The van der Waals surface area contributed by atoms with Crippen molar-refractivity contribution in [1.29, 1.82) is 0 Å². The van der Waals surface area contributed by atoms with Crippen molar-refractivity contribution in [3.05, 3.63) is 82.2 Å². The Labute approximate surface area is 162 Å². The Morgan fingerprint density at radius 2 is 1.78 bits per heavy atom. The molecule has 0 atom stereocenters. The summed E-state index contributed by atoms with van der Waals surface area (Å²) in [6.07, 6.45) is 0. The number of hydrogen-bond donors (Lipinski definition) is 1. The van der Waals surface area contributed by atoms with E-state index in [-0.39, 0.29) is 5.56 Å². The number of para-hydroxylation sites is 3. The van der Waals surface area contributed by atoms with Crippen molar-refractivity contribution in [1.82, 2.24) is 19.5 Å². The first-order valence-electron chi connectivity index (χ1n) is 8.42. The number of benzene rings is 2. The molecule has 3 heterocycles. The van der Waals surface area contributed by atoms with Gasteiger partial charge in [-0.25, -0.2) is 9.97 Å². The van der Waals surface area contributed by atoms with Crippen molar-refractivity contribution in [2.24, 2.45) is 0 Å². The number of aromatic nitrogens is 4. The predicted octanol–water partition coefficient (Wildman–Crippen LogP) is 4.62. The molecule has 0 aliphatic carbocycles. The van der Waals surface area contributed by atoms with Gasteiger partial charge in [0.2, 0.25) is 0 Å². The molecule has 0 saturated heterocycles. The minimum absolute atomic E-state index is 0.0340. The number of thiophene rings is 1. The Morgan fingerprint density at radius 1 is 0.963 bits per heavy atom. The van der Waals surface area contributed by atoms with Crippen molar-refractivity contribution in [2.75, 3.05) is 0 Å². The molecule has 0 aliphatic rings. The maximum Gasteiger partial charge on any atom is 0.276 e. The molecule has 7 heteroatoms. The third-order valence-corrected chi connectivity index (χ3v) is 6.08. The van der Waals surface area contributed by atoms with Crippen molar-refractivity contribution in [3.63, 3.8) is 0 Å². The maximum atomic E-state index is 13.1.